The van der Waals surface area contributed by atoms with Crippen LogP contribution in [-0.2, 0) is 19.9 Å². The van der Waals surface area contributed by atoms with Crippen LogP contribution in [0.1, 0.15) is 48.5 Å². The van der Waals surface area contributed by atoms with Crippen LogP contribution in [0.4, 0.5) is 10.2 Å². The Morgan fingerprint density at radius 2 is 2.06 bits per heavy atom. The van der Waals surface area contributed by atoms with Crippen LogP contribution in [0, 0.1) is 21.8 Å². The lowest BCUT2D eigenvalue weighted by molar-refractivity contribution is -0.390. The highest BCUT2D eigenvalue weighted by molar-refractivity contribution is 9.10. The number of aromatic nitrogens is 5. The molecule has 1 aliphatic rings. The quantitative estimate of drug-likeness (QED) is 0.200. The van der Waals surface area contributed by atoms with Crippen molar-refractivity contribution >= 4 is 21.7 Å². The van der Waals surface area contributed by atoms with Gasteiger partial charge in [-0.1, -0.05) is 0 Å². The van der Waals surface area contributed by atoms with E-state index in [0.717, 1.165) is 23.7 Å². The van der Waals surface area contributed by atoms with Gasteiger partial charge in [0, 0.05) is 37.0 Å². The standard InChI is InChI=1S/C25H24BrFN6O3/c1-15(36-24-10-17(26)14-28-25(24)33(34)35)22-11-18(27)5-6-23(22)32-20(7-8-29-32)12-19-13-21(31(2)30-19)9-16-3-4-16/h5-8,10-11,13-16H,3-4,9,12H2,1-2H3/t15-/m1/s1. The van der Waals surface area contributed by atoms with Crippen LogP contribution in [0.15, 0.2) is 53.3 Å². The fraction of sp³-hybridized carbons (Fsp3) is 0.320. The normalized spacial score (nSPS) is 14.1. The molecule has 5 rings (SSSR count). The van der Waals surface area contributed by atoms with E-state index in [2.05, 4.69) is 37.2 Å². The van der Waals surface area contributed by atoms with Crippen molar-refractivity contribution in [3.63, 3.8) is 0 Å². The van der Waals surface area contributed by atoms with Gasteiger partial charge in [-0.3, -0.25) is 4.68 Å². The summed E-state index contributed by atoms with van der Waals surface area (Å²) in [5.41, 5.74) is 4.13. The van der Waals surface area contributed by atoms with Gasteiger partial charge in [-0.05, 0) is 88.3 Å². The molecule has 0 saturated heterocycles. The maximum absolute atomic E-state index is 14.3. The van der Waals surface area contributed by atoms with Gasteiger partial charge in [0.25, 0.3) is 0 Å². The van der Waals surface area contributed by atoms with Gasteiger partial charge in [0.15, 0.2) is 6.20 Å². The predicted molar refractivity (Wildman–Crippen MR) is 134 cm³/mol. The highest BCUT2D eigenvalue weighted by Gasteiger charge is 2.25. The van der Waals surface area contributed by atoms with Gasteiger partial charge in [-0.25, -0.2) is 9.07 Å². The molecule has 1 saturated carbocycles. The smallest absolute Gasteiger partial charge is 0.406 e. The summed E-state index contributed by atoms with van der Waals surface area (Å²) in [5, 5.41) is 20.6. The van der Waals surface area contributed by atoms with Gasteiger partial charge < -0.3 is 14.9 Å². The third-order valence-electron chi connectivity index (χ3n) is 6.24. The van der Waals surface area contributed by atoms with E-state index < -0.39 is 22.7 Å². The van der Waals surface area contributed by atoms with E-state index in [1.54, 1.807) is 23.9 Å². The lowest BCUT2D eigenvalue weighted by Crippen LogP contribution is -2.12. The first-order valence-electron chi connectivity index (χ1n) is 11.6. The maximum Gasteiger partial charge on any atom is 0.406 e. The third kappa shape index (κ3) is 5.15. The number of ether oxygens (including phenoxy) is 1. The summed E-state index contributed by atoms with van der Waals surface area (Å²) in [5.74, 6) is -0.123. The summed E-state index contributed by atoms with van der Waals surface area (Å²) in [7, 11) is 1.96. The molecule has 11 heteroatoms. The summed E-state index contributed by atoms with van der Waals surface area (Å²) in [4.78, 5) is 14.7. The Morgan fingerprint density at radius 1 is 1.25 bits per heavy atom. The lowest BCUT2D eigenvalue weighted by atomic mass is 10.1. The molecular formula is C25H24BrFN6O3. The molecule has 1 aliphatic carbocycles. The Hall–Kier alpha value is -3.60. The predicted octanol–water partition coefficient (Wildman–Crippen LogP) is 5.49. The van der Waals surface area contributed by atoms with E-state index in [9.17, 15) is 14.5 Å². The van der Waals surface area contributed by atoms with E-state index in [4.69, 9.17) is 4.74 Å². The minimum Gasteiger partial charge on any atom is -0.478 e. The van der Waals surface area contributed by atoms with Crippen molar-refractivity contribution < 1.29 is 14.1 Å². The van der Waals surface area contributed by atoms with Crippen molar-refractivity contribution in [1.82, 2.24) is 24.5 Å². The zero-order chi connectivity index (χ0) is 25.4. The van der Waals surface area contributed by atoms with Gasteiger partial charge in [0.1, 0.15) is 11.9 Å². The van der Waals surface area contributed by atoms with Gasteiger partial charge in [0.2, 0.25) is 5.75 Å². The molecule has 186 valence electrons. The molecule has 3 heterocycles. The monoisotopic (exact) mass is 554 g/mol. The molecule has 3 aromatic heterocycles. The lowest BCUT2D eigenvalue weighted by Gasteiger charge is -2.19. The molecule has 0 radical (unpaired) electrons. The Balaban J connectivity index is 1.45. The first kappa shape index (κ1) is 24.1. The van der Waals surface area contributed by atoms with Crippen LogP contribution in [-0.4, -0.2) is 29.5 Å². The Bertz CT molecular complexity index is 1430. The number of halogens is 2. The van der Waals surface area contributed by atoms with Gasteiger partial charge in [0.05, 0.1) is 21.5 Å². The van der Waals surface area contributed by atoms with E-state index in [0.29, 0.717) is 22.1 Å². The van der Waals surface area contributed by atoms with E-state index in [1.165, 1.54) is 42.9 Å². The van der Waals surface area contributed by atoms with E-state index >= 15 is 0 Å². The second-order valence-corrected chi connectivity index (χ2v) is 9.92. The third-order valence-corrected chi connectivity index (χ3v) is 6.67. The van der Waals surface area contributed by atoms with Crippen LogP contribution < -0.4 is 4.74 Å². The molecule has 0 aliphatic heterocycles. The van der Waals surface area contributed by atoms with Crippen molar-refractivity contribution in [1.29, 1.82) is 0 Å². The average molecular weight is 555 g/mol. The van der Waals surface area contributed by atoms with Crippen LogP contribution in [0.25, 0.3) is 5.69 Å². The Kier molecular flexibility index (Phi) is 6.57. The molecule has 1 atom stereocenters. The topological polar surface area (TPSA) is 101 Å². The summed E-state index contributed by atoms with van der Waals surface area (Å²) >= 11 is 3.27. The van der Waals surface area contributed by atoms with Crippen molar-refractivity contribution in [2.24, 2.45) is 13.0 Å². The number of benzene rings is 1. The first-order chi connectivity index (χ1) is 17.3. The van der Waals surface area contributed by atoms with Crippen LogP contribution >= 0.6 is 15.9 Å². The van der Waals surface area contributed by atoms with Crippen LogP contribution in [0.3, 0.4) is 0 Å². The van der Waals surface area contributed by atoms with Crippen molar-refractivity contribution in [2.75, 3.05) is 0 Å². The fourth-order valence-corrected chi connectivity index (χ4v) is 4.58. The Morgan fingerprint density at radius 3 is 2.81 bits per heavy atom. The molecule has 1 aromatic carbocycles. The summed E-state index contributed by atoms with van der Waals surface area (Å²) in [6.07, 6.45) is 6.42. The van der Waals surface area contributed by atoms with Crippen molar-refractivity contribution in [3.8, 4) is 11.4 Å². The van der Waals surface area contributed by atoms with E-state index in [-0.39, 0.29) is 5.75 Å². The number of nitro groups is 1. The summed E-state index contributed by atoms with van der Waals surface area (Å²) in [6, 6.07) is 9.85. The minimum absolute atomic E-state index is 0.0190. The largest absolute Gasteiger partial charge is 0.478 e. The molecule has 36 heavy (non-hydrogen) atoms. The maximum atomic E-state index is 14.3. The molecule has 0 unspecified atom stereocenters. The van der Waals surface area contributed by atoms with Crippen LogP contribution in [0.5, 0.6) is 5.75 Å². The molecule has 4 aromatic rings. The summed E-state index contributed by atoms with van der Waals surface area (Å²) in [6.45, 7) is 1.70. The number of rotatable bonds is 9. The van der Waals surface area contributed by atoms with Crippen LogP contribution in [0.2, 0.25) is 0 Å². The highest BCUT2D eigenvalue weighted by Crippen LogP contribution is 2.34. The zero-order valence-electron chi connectivity index (χ0n) is 19.8. The number of hydrogen-bond donors (Lipinski definition) is 0. The number of pyridine rings is 1. The Labute approximate surface area is 215 Å². The fourth-order valence-electron chi connectivity index (χ4n) is 4.27. The molecule has 0 N–H and O–H groups in total. The number of nitrogens with zero attached hydrogens (tertiary/aromatic N) is 6. The first-order valence-corrected chi connectivity index (χ1v) is 12.4. The van der Waals surface area contributed by atoms with Gasteiger partial charge in [-0.2, -0.15) is 10.2 Å². The van der Waals surface area contributed by atoms with Crippen molar-refractivity contribution in [3.05, 3.63) is 91.8 Å². The average Bonchev–Trinajstić information content (AvgIpc) is 3.42. The molecule has 9 nitrogen and oxygen atoms in total. The van der Waals surface area contributed by atoms with E-state index in [1.807, 2.05) is 17.8 Å². The second-order valence-electron chi connectivity index (χ2n) is 9.00. The number of hydrogen-bond acceptors (Lipinski definition) is 6. The molecule has 0 spiro atoms. The molecule has 0 bridgehead atoms. The zero-order valence-corrected chi connectivity index (χ0v) is 21.4. The number of aryl methyl sites for hydroxylation is 1. The molecule has 1 fully saturated rings. The van der Waals surface area contributed by atoms with Gasteiger partial charge in [-0.15, -0.1) is 0 Å². The molecule has 0 amide bonds. The molecular weight excluding hydrogens is 531 g/mol. The SMILES string of the molecule is C[C@@H](Oc1cc(Br)cnc1[N+](=O)[O-])c1cc(F)ccc1-n1nccc1Cc1cc(CC2CC2)n(C)n1. The highest BCUT2D eigenvalue weighted by atomic mass is 79.9. The second kappa shape index (κ2) is 9.81. The summed E-state index contributed by atoms with van der Waals surface area (Å²) < 4.78 is 24.5. The minimum atomic E-state index is -0.734. The van der Waals surface area contributed by atoms with Crippen molar-refractivity contribution in [2.45, 2.75) is 38.7 Å². The van der Waals surface area contributed by atoms with Gasteiger partial charge >= 0.3 is 5.82 Å².